The quantitative estimate of drug-likeness (QED) is 0.882. The fourth-order valence-electron chi connectivity index (χ4n) is 1.08. The van der Waals surface area contributed by atoms with Crippen molar-refractivity contribution in [3.8, 4) is 0 Å². The highest BCUT2D eigenvalue weighted by Crippen LogP contribution is 2.09. The Hall–Kier alpha value is -0.940. The third kappa shape index (κ3) is 3.90. The summed E-state index contributed by atoms with van der Waals surface area (Å²) < 4.78 is 0.785. The lowest BCUT2D eigenvalue weighted by Crippen LogP contribution is -2.40. The second-order valence-corrected chi connectivity index (χ2v) is 4.93. The lowest BCUT2D eigenvalue weighted by atomic mass is 10.1. The smallest absolute Gasteiger partial charge is 0.252 e. The van der Waals surface area contributed by atoms with Gasteiger partial charge in [0.05, 0.1) is 5.56 Å². The van der Waals surface area contributed by atoms with Crippen molar-refractivity contribution in [2.24, 2.45) is 11.7 Å². The van der Waals surface area contributed by atoms with Gasteiger partial charge in [-0.05, 0) is 27.9 Å². The predicted octanol–water partition coefficient (Wildman–Crippen LogP) is 1.56. The number of aromatic nitrogens is 1. The first kappa shape index (κ1) is 13.1. The van der Waals surface area contributed by atoms with Crippen molar-refractivity contribution in [1.29, 1.82) is 0 Å². The van der Waals surface area contributed by atoms with E-state index in [2.05, 4.69) is 26.2 Å². The average molecular weight is 286 g/mol. The number of pyridine rings is 1. The number of rotatable bonds is 4. The Balaban J connectivity index is 2.53. The molecule has 0 aliphatic carbocycles. The van der Waals surface area contributed by atoms with Crippen LogP contribution in [0.2, 0.25) is 0 Å². The zero-order chi connectivity index (χ0) is 12.1. The summed E-state index contributed by atoms with van der Waals surface area (Å²) in [6.45, 7) is 4.53. The van der Waals surface area contributed by atoms with Gasteiger partial charge in [-0.25, -0.2) is 0 Å². The minimum atomic E-state index is -0.148. The van der Waals surface area contributed by atoms with Gasteiger partial charge in [0, 0.05) is 29.5 Å². The lowest BCUT2D eigenvalue weighted by molar-refractivity contribution is 0.0949. The molecule has 1 atom stereocenters. The second kappa shape index (κ2) is 5.96. The first-order valence-electron chi connectivity index (χ1n) is 5.15. The molecule has 0 saturated carbocycles. The standard InChI is InChI=1S/C11H16BrN3O/c1-7(2)10(13)6-15-11(16)8-3-9(12)5-14-4-8/h3-5,7,10H,6,13H2,1-2H3,(H,15,16). The molecular weight excluding hydrogens is 270 g/mol. The van der Waals surface area contributed by atoms with Gasteiger partial charge >= 0.3 is 0 Å². The first-order valence-corrected chi connectivity index (χ1v) is 5.94. The molecule has 0 fully saturated rings. The van der Waals surface area contributed by atoms with Gasteiger partial charge in [-0.1, -0.05) is 13.8 Å². The van der Waals surface area contributed by atoms with Crippen LogP contribution in [0.3, 0.4) is 0 Å². The average Bonchev–Trinajstić information content (AvgIpc) is 2.25. The number of nitrogens with zero attached hydrogens (tertiary/aromatic N) is 1. The van der Waals surface area contributed by atoms with Gasteiger partial charge in [0.2, 0.25) is 0 Å². The van der Waals surface area contributed by atoms with Crippen LogP contribution in [0.5, 0.6) is 0 Å². The molecule has 1 aromatic heterocycles. The van der Waals surface area contributed by atoms with Gasteiger partial charge in [0.15, 0.2) is 0 Å². The molecule has 0 radical (unpaired) electrons. The van der Waals surface area contributed by atoms with Crippen LogP contribution in [0.15, 0.2) is 22.9 Å². The van der Waals surface area contributed by atoms with E-state index in [1.807, 2.05) is 13.8 Å². The summed E-state index contributed by atoms with van der Waals surface area (Å²) in [5, 5.41) is 2.78. The fraction of sp³-hybridized carbons (Fsp3) is 0.455. The summed E-state index contributed by atoms with van der Waals surface area (Å²) in [4.78, 5) is 15.6. The SMILES string of the molecule is CC(C)C(N)CNC(=O)c1cncc(Br)c1. The molecule has 4 nitrogen and oxygen atoms in total. The molecule has 0 aliphatic heterocycles. The van der Waals surface area contributed by atoms with Crippen LogP contribution in [0, 0.1) is 5.92 Å². The molecule has 3 N–H and O–H groups in total. The van der Waals surface area contributed by atoms with Crippen LogP contribution >= 0.6 is 15.9 Å². The van der Waals surface area contributed by atoms with Crippen molar-refractivity contribution in [3.05, 3.63) is 28.5 Å². The molecule has 1 amide bonds. The van der Waals surface area contributed by atoms with E-state index in [4.69, 9.17) is 5.73 Å². The molecule has 0 aromatic carbocycles. The number of amides is 1. The zero-order valence-corrected chi connectivity index (χ0v) is 11.0. The Morgan fingerprint density at radius 2 is 2.25 bits per heavy atom. The number of halogens is 1. The molecular formula is C11H16BrN3O. The van der Waals surface area contributed by atoms with E-state index in [9.17, 15) is 4.79 Å². The number of carbonyl (C=O) groups is 1. The van der Waals surface area contributed by atoms with Gasteiger partial charge in [0.1, 0.15) is 0 Å². The van der Waals surface area contributed by atoms with Gasteiger partial charge in [-0.3, -0.25) is 9.78 Å². The molecule has 1 aromatic rings. The van der Waals surface area contributed by atoms with Crippen molar-refractivity contribution < 1.29 is 4.79 Å². The maximum Gasteiger partial charge on any atom is 0.252 e. The molecule has 16 heavy (non-hydrogen) atoms. The normalized spacial score (nSPS) is 12.6. The zero-order valence-electron chi connectivity index (χ0n) is 9.40. The Labute approximate surface area is 104 Å². The van der Waals surface area contributed by atoms with Crippen LogP contribution in [0.25, 0.3) is 0 Å². The van der Waals surface area contributed by atoms with E-state index >= 15 is 0 Å². The molecule has 0 aliphatic rings. The van der Waals surface area contributed by atoms with Crippen LogP contribution in [-0.2, 0) is 0 Å². The third-order valence-corrected chi connectivity index (χ3v) is 2.76. The molecule has 5 heteroatoms. The number of nitrogens with two attached hydrogens (primary N) is 1. The summed E-state index contributed by atoms with van der Waals surface area (Å²) in [6.07, 6.45) is 3.16. The summed E-state index contributed by atoms with van der Waals surface area (Å²) in [7, 11) is 0. The van der Waals surface area contributed by atoms with Crippen LogP contribution < -0.4 is 11.1 Å². The summed E-state index contributed by atoms with van der Waals surface area (Å²) in [6, 6.07) is 1.70. The largest absolute Gasteiger partial charge is 0.350 e. The molecule has 1 heterocycles. The summed E-state index contributed by atoms with van der Waals surface area (Å²) in [5.74, 6) is 0.200. The highest BCUT2D eigenvalue weighted by molar-refractivity contribution is 9.10. The second-order valence-electron chi connectivity index (χ2n) is 4.01. The number of hydrogen-bond acceptors (Lipinski definition) is 3. The Kier molecular flexibility index (Phi) is 4.89. The van der Waals surface area contributed by atoms with Crippen molar-refractivity contribution in [2.45, 2.75) is 19.9 Å². The summed E-state index contributed by atoms with van der Waals surface area (Å²) >= 11 is 3.27. The van der Waals surface area contributed by atoms with E-state index in [0.29, 0.717) is 18.0 Å². The van der Waals surface area contributed by atoms with E-state index in [0.717, 1.165) is 4.47 Å². The van der Waals surface area contributed by atoms with E-state index in [1.54, 1.807) is 12.3 Å². The van der Waals surface area contributed by atoms with E-state index < -0.39 is 0 Å². The molecule has 88 valence electrons. The maximum atomic E-state index is 11.7. The van der Waals surface area contributed by atoms with Gasteiger partial charge < -0.3 is 11.1 Å². The van der Waals surface area contributed by atoms with Crippen LogP contribution in [0.4, 0.5) is 0 Å². The Morgan fingerprint density at radius 3 is 2.81 bits per heavy atom. The van der Waals surface area contributed by atoms with Crippen LogP contribution in [-0.4, -0.2) is 23.5 Å². The molecule has 0 saturated heterocycles. The van der Waals surface area contributed by atoms with Crippen molar-refractivity contribution >= 4 is 21.8 Å². The Bertz CT molecular complexity index is 368. The highest BCUT2D eigenvalue weighted by Gasteiger charge is 2.11. The minimum absolute atomic E-state index is 0.0240. The predicted molar refractivity (Wildman–Crippen MR) is 67.1 cm³/mol. The lowest BCUT2D eigenvalue weighted by Gasteiger charge is -2.16. The van der Waals surface area contributed by atoms with Crippen molar-refractivity contribution in [2.75, 3.05) is 6.54 Å². The monoisotopic (exact) mass is 285 g/mol. The molecule has 0 spiro atoms. The van der Waals surface area contributed by atoms with E-state index in [1.165, 1.54) is 6.20 Å². The topological polar surface area (TPSA) is 68.0 Å². The highest BCUT2D eigenvalue weighted by atomic mass is 79.9. The Morgan fingerprint density at radius 1 is 1.56 bits per heavy atom. The van der Waals surface area contributed by atoms with Crippen molar-refractivity contribution in [1.82, 2.24) is 10.3 Å². The van der Waals surface area contributed by atoms with Gasteiger partial charge in [-0.2, -0.15) is 0 Å². The maximum absolute atomic E-state index is 11.7. The number of hydrogen-bond donors (Lipinski definition) is 2. The van der Waals surface area contributed by atoms with E-state index in [-0.39, 0.29) is 11.9 Å². The summed E-state index contributed by atoms with van der Waals surface area (Å²) in [5.41, 5.74) is 6.37. The molecule has 1 unspecified atom stereocenters. The number of nitrogens with one attached hydrogen (secondary N) is 1. The van der Waals surface area contributed by atoms with Gasteiger partial charge in [0.25, 0.3) is 5.91 Å². The minimum Gasteiger partial charge on any atom is -0.350 e. The number of carbonyl (C=O) groups excluding carboxylic acids is 1. The van der Waals surface area contributed by atoms with Gasteiger partial charge in [-0.15, -0.1) is 0 Å². The van der Waals surface area contributed by atoms with Crippen LogP contribution in [0.1, 0.15) is 24.2 Å². The molecule has 1 rings (SSSR count). The first-order chi connectivity index (χ1) is 7.50. The fourth-order valence-corrected chi connectivity index (χ4v) is 1.45. The molecule has 0 bridgehead atoms. The van der Waals surface area contributed by atoms with Crippen molar-refractivity contribution in [3.63, 3.8) is 0 Å². The third-order valence-electron chi connectivity index (χ3n) is 2.32.